The Balaban J connectivity index is 1.84. The first kappa shape index (κ1) is 15.0. The normalized spacial score (nSPS) is 20.1. The summed E-state index contributed by atoms with van der Waals surface area (Å²) in [7, 11) is 0. The van der Waals surface area contributed by atoms with Crippen molar-refractivity contribution in [1.29, 1.82) is 0 Å². The monoisotopic (exact) mass is 275 g/mol. The molecule has 1 aliphatic heterocycles. The van der Waals surface area contributed by atoms with Crippen LogP contribution in [-0.4, -0.2) is 36.5 Å². The van der Waals surface area contributed by atoms with E-state index in [0.717, 1.165) is 31.6 Å². The molecule has 1 saturated heterocycles. The maximum Gasteiger partial charge on any atom is 0.238 e. The standard InChI is InChI=1S/C16H25N3O/c1-12(2)13-5-7-15(8-6-13)18-16(20)11-19-9-3-4-14(17)10-19/h5-8,12,14H,3-4,9-11,17H2,1-2H3,(H,18,20). The van der Waals surface area contributed by atoms with Gasteiger partial charge in [-0.3, -0.25) is 9.69 Å². The minimum Gasteiger partial charge on any atom is -0.327 e. The molecule has 20 heavy (non-hydrogen) atoms. The summed E-state index contributed by atoms with van der Waals surface area (Å²) < 4.78 is 0. The molecular formula is C16H25N3O. The first-order valence-corrected chi connectivity index (χ1v) is 7.42. The van der Waals surface area contributed by atoms with Crippen LogP contribution < -0.4 is 11.1 Å². The highest BCUT2D eigenvalue weighted by molar-refractivity contribution is 5.92. The van der Waals surface area contributed by atoms with Crippen molar-refractivity contribution >= 4 is 11.6 Å². The van der Waals surface area contributed by atoms with E-state index in [4.69, 9.17) is 5.73 Å². The predicted molar refractivity (Wildman–Crippen MR) is 82.8 cm³/mol. The maximum atomic E-state index is 12.0. The molecule has 1 unspecified atom stereocenters. The van der Waals surface area contributed by atoms with Gasteiger partial charge in [0, 0.05) is 18.3 Å². The lowest BCUT2D eigenvalue weighted by atomic mass is 10.0. The van der Waals surface area contributed by atoms with Gasteiger partial charge in [-0.15, -0.1) is 0 Å². The van der Waals surface area contributed by atoms with Gasteiger partial charge in [0.25, 0.3) is 0 Å². The second-order valence-electron chi connectivity index (χ2n) is 5.96. The van der Waals surface area contributed by atoms with Gasteiger partial charge in [0.15, 0.2) is 0 Å². The average Bonchev–Trinajstić information content (AvgIpc) is 2.39. The summed E-state index contributed by atoms with van der Waals surface area (Å²) in [5, 5.41) is 2.95. The molecule has 0 aromatic heterocycles. The summed E-state index contributed by atoms with van der Waals surface area (Å²) in [6, 6.07) is 8.28. The lowest BCUT2D eigenvalue weighted by Crippen LogP contribution is -2.45. The lowest BCUT2D eigenvalue weighted by molar-refractivity contribution is -0.117. The second-order valence-corrected chi connectivity index (χ2v) is 5.96. The van der Waals surface area contributed by atoms with Crippen LogP contribution in [0.3, 0.4) is 0 Å². The van der Waals surface area contributed by atoms with Gasteiger partial charge in [-0.05, 0) is 43.0 Å². The van der Waals surface area contributed by atoms with Crippen molar-refractivity contribution in [3.8, 4) is 0 Å². The molecule has 0 spiro atoms. The molecule has 2 rings (SSSR count). The van der Waals surface area contributed by atoms with Crippen molar-refractivity contribution in [2.24, 2.45) is 5.73 Å². The lowest BCUT2D eigenvalue weighted by Gasteiger charge is -2.29. The molecule has 110 valence electrons. The topological polar surface area (TPSA) is 58.4 Å². The number of anilines is 1. The highest BCUT2D eigenvalue weighted by Gasteiger charge is 2.18. The number of nitrogens with zero attached hydrogens (tertiary/aromatic N) is 1. The number of hydrogen-bond acceptors (Lipinski definition) is 3. The molecular weight excluding hydrogens is 250 g/mol. The third-order valence-electron chi connectivity index (χ3n) is 3.77. The highest BCUT2D eigenvalue weighted by atomic mass is 16.2. The number of carbonyl (C=O) groups excluding carboxylic acids is 1. The minimum absolute atomic E-state index is 0.0383. The van der Waals surface area contributed by atoms with E-state index in [9.17, 15) is 4.79 Å². The smallest absolute Gasteiger partial charge is 0.238 e. The number of likely N-dealkylation sites (tertiary alicyclic amines) is 1. The molecule has 1 amide bonds. The van der Waals surface area contributed by atoms with Crippen molar-refractivity contribution in [3.05, 3.63) is 29.8 Å². The molecule has 1 fully saturated rings. The Bertz CT molecular complexity index is 442. The summed E-state index contributed by atoms with van der Waals surface area (Å²) in [6.07, 6.45) is 2.15. The van der Waals surface area contributed by atoms with Crippen molar-refractivity contribution in [1.82, 2.24) is 4.90 Å². The molecule has 3 N–H and O–H groups in total. The SMILES string of the molecule is CC(C)c1ccc(NC(=O)CN2CCCC(N)C2)cc1. The van der Waals surface area contributed by atoms with Crippen molar-refractivity contribution in [3.63, 3.8) is 0 Å². The molecule has 1 aromatic carbocycles. The zero-order valence-corrected chi connectivity index (χ0v) is 12.4. The van der Waals surface area contributed by atoms with Crippen LogP contribution in [-0.2, 0) is 4.79 Å². The first-order chi connectivity index (χ1) is 9.54. The van der Waals surface area contributed by atoms with E-state index in [2.05, 4.69) is 36.2 Å². The van der Waals surface area contributed by atoms with Gasteiger partial charge in [0.1, 0.15) is 0 Å². The molecule has 4 heteroatoms. The van der Waals surface area contributed by atoms with E-state index < -0.39 is 0 Å². The van der Waals surface area contributed by atoms with Gasteiger partial charge in [-0.25, -0.2) is 0 Å². The number of amides is 1. The Morgan fingerprint density at radius 2 is 2.10 bits per heavy atom. The molecule has 0 aliphatic carbocycles. The fraction of sp³-hybridized carbons (Fsp3) is 0.562. The van der Waals surface area contributed by atoms with Crippen LogP contribution in [0, 0.1) is 0 Å². The number of nitrogens with one attached hydrogen (secondary N) is 1. The third kappa shape index (κ3) is 4.32. The zero-order valence-electron chi connectivity index (χ0n) is 12.4. The van der Waals surface area contributed by atoms with Crippen LogP contribution in [0.4, 0.5) is 5.69 Å². The van der Waals surface area contributed by atoms with Crippen LogP contribution in [0.1, 0.15) is 38.2 Å². The van der Waals surface area contributed by atoms with E-state index in [-0.39, 0.29) is 11.9 Å². The summed E-state index contributed by atoms with van der Waals surface area (Å²) >= 11 is 0. The number of hydrogen-bond donors (Lipinski definition) is 2. The van der Waals surface area contributed by atoms with Gasteiger partial charge in [0.2, 0.25) is 5.91 Å². The molecule has 1 aliphatic rings. The molecule has 0 radical (unpaired) electrons. The Kier molecular flexibility index (Phi) is 5.15. The largest absolute Gasteiger partial charge is 0.327 e. The van der Waals surface area contributed by atoms with E-state index in [0.29, 0.717) is 12.5 Å². The molecule has 0 bridgehead atoms. The van der Waals surface area contributed by atoms with Gasteiger partial charge in [-0.2, -0.15) is 0 Å². The Morgan fingerprint density at radius 3 is 2.70 bits per heavy atom. The van der Waals surface area contributed by atoms with E-state index in [1.807, 2.05) is 12.1 Å². The average molecular weight is 275 g/mol. The summed E-state index contributed by atoms with van der Waals surface area (Å²) in [6.45, 7) is 6.53. The van der Waals surface area contributed by atoms with Gasteiger partial charge in [0.05, 0.1) is 6.54 Å². The van der Waals surface area contributed by atoms with Gasteiger partial charge < -0.3 is 11.1 Å². The number of benzene rings is 1. The quantitative estimate of drug-likeness (QED) is 0.885. The predicted octanol–water partition coefficient (Wildman–Crippen LogP) is 2.17. The van der Waals surface area contributed by atoms with Gasteiger partial charge >= 0.3 is 0 Å². The van der Waals surface area contributed by atoms with Gasteiger partial charge in [-0.1, -0.05) is 26.0 Å². The van der Waals surface area contributed by atoms with Crippen molar-refractivity contribution < 1.29 is 4.79 Å². The zero-order chi connectivity index (χ0) is 14.5. The third-order valence-corrected chi connectivity index (χ3v) is 3.77. The summed E-state index contributed by atoms with van der Waals surface area (Å²) in [5.41, 5.74) is 8.07. The van der Waals surface area contributed by atoms with E-state index in [1.54, 1.807) is 0 Å². The van der Waals surface area contributed by atoms with E-state index >= 15 is 0 Å². The number of rotatable bonds is 4. The molecule has 1 aromatic rings. The van der Waals surface area contributed by atoms with Crippen molar-refractivity contribution in [2.45, 2.75) is 38.6 Å². The fourth-order valence-electron chi connectivity index (χ4n) is 2.59. The highest BCUT2D eigenvalue weighted by Crippen LogP contribution is 2.17. The number of carbonyl (C=O) groups is 1. The van der Waals surface area contributed by atoms with Crippen LogP contribution in [0.5, 0.6) is 0 Å². The minimum atomic E-state index is 0.0383. The molecule has 4 nitrogen and oxygen atoms in total. The second kappa shape index (κ2) is 6.86. The number of nitrogens with two attached hydrogens (primary N) is 1. The van der Waals surface area contributed by atoms with Crippen molar-refractivity contribution in [2.75, 3.05) is 25.0 Å². The van der Waals surface area contributed by atoms with Crippen LogP contribution in [0.15, 0.2) is 24.3 Å². The van der Waals surface area contributed by atoms with Crippen LogP contribution in [0.25, 0.3) is 0 Å². The summed E-state index contributed by atoms with van der Waals surface area (Å²) in [4.78, 5) is 14.1. The molecule has 1 atom stereocenters. The van der Waals surface area contributed by atoms with Crippen LogP contribution in [0.2, 0.25) is 0 Å². The molecule has 0 saturated carbocycles. The molecule has 1 heterocycles. The number of piperidine rings is 1. The Labute approximate surface area is 121 Å². The van der Waals surface area contributed by atoms with Crippen LogP contribution >= 0.6 is 0 Å². The van der Waals surface area contributed by atoms with E-state index in [1.165, 1.54) is 5.56 Å². The maximum absolute atomic E-state index is 12.0. The Hall–Kier alpha value is -1.39. The first-order valence-electron chi connectivity index (χ1n) is 7.42. The fourth-order valence-corrected chi connectivity index (χ4v) is 2.59. The Morgan fingerprint density at radius 1 is 1.40 bits per heavy atom. The summed E-state index contributed by atoms with van der Waals surface area (Å²) in [5.74, 6) is 0.547.